The van der Waals surface area contributed by atoms with Crippen molar-refractivity contribution in [3.05, 3.63) is 41.8 Å². The van der Waals surface area contributed by atoms with Crippen LogP contribution in [0.3, 0.4) is 0 Å². The second-order valence-electron chi connectivity index (χ2n) is 12.2. The highest BCUT2D eigenvalue weighted by molar-refractivity contribution is 5.94. The first-order chi connectivity index (χ1) is 17.0. The Hall–Kier alpha value is -2.90. The van der Waals surface area contributed by atoms with E-state index in [1.165, 1.54) is 31.4 Å². The number of urea groups is 1. The van der Waals surface area contributed by atoms with E-state index < -0.39 is 0 Å². The summed E-state index contributed by atoms with van der Waals surface area (Å²) in [6, 6.07) is 7.67. The van der Waals surface area contributed by atoms with Gasteiger partial charge in [0.25, 0.3) is 0 Å². The third-order valence-corrected chi connectivity index (χ3v) is 8.23. The maximum absolute atomic E-state index is 13.5. The molecule has 1 aromatic heterocycles. The molecule has 0 atom stereocenters. The molecule has 4 bridgehead atoms. The van der Waals surface area contributed by atoms with E-state index in [4.69, 9.17) is 0 Å². The lowest BCUT2D eigenvalue weighted by Gasteiger charge is -2.57. The Morgan fingerprint density at radius 2 is 1.67 bits per heavy atom. The fourth-order valence-corrected chi connectivity index (χ4v) is 6.87. The summed E-state index contributed by atoms with van der Waals surface area (Å²) in [4.78, 5) is 28.0. The molecule has 7 nitrogen and oxygen atoms in total. The zero-order chi connectivity index (χ0) is 25.7. The van der Waals surface area contributed by atoms with E-state index in [0.29, 0.717) is 18.1 Å². The Kier molecular flexibility index (Phi) is 6.33. The molecule has 4 saturated carbocycles. The zero-order valence-corrected chi connectivity index (χ0v) is 21.8. The maximum Gasteiger partial charge on any atom is 0.318 e. The van der Waals surface area contributed by atoms with Crippen LogP contribution in [0.15, 0.2) is 30.3 Å². The average molecular weight is 496 g/mol. The number of nitrogens with one attached hydrogen (secondary N) is 2. The summed E-state index contributed by atoms with van der Waals surface area (Å²) in [7, 11) is 0. The van der Waals surface area contributed by atoms with Crippen LogP contribution in [0, 0.1) is 23.6 Å². The van der Waals surface area contributed by atoms with Crippen molar-refractivity contribution in [3.63, 3.8) is 0 Å². The molecule has 3 amide bonds. The molecule has 2 N–H and O–H groups in total. The first-order valence-corrected chi connectivity index (χ1v) is 13.3. The minimum absolute atomic E-state index is 0.0475. The van der Waals surface area contributed by atoms with E-state index in [-0.39, 0.29) is 35.3 Å². The second kappa shape index (κ2) is 9.20. The van der Waals surface area contributed by atoms with E-state index >= 15 is 0 Å². The Bertz CT molecular complexity index is 1100. The molecule has 6 rings (SSSR count). The van der Waals surface area contributed by atoms with Crippen LogP contribution in [0.2, 0.25) is 0 Å². The molecule has 1 heterocycles. The summed E-state index contributed by atoms with van der Waals surface area (Å²) >= 11 is 0. The number of benzene rings is 1. The third kappa shape index (κ3) is 5.00. The van der Waals surface area contributed by atoms with Gasteiger partial charge in [-0.1, -0.05) is 20.8 Å². The van der Waals surface area contributed by atoms with Gasteiger partial charge in [-0.2, -0.15) is 5.10 Å². The molecular weight excluding hydrogens is 457 g/mol. The minimum atomic E-state index is -0.337. The quantitative estimate of drug-likeness (QED) is 0.575. The maximum atomic E-state index is 13.5. The molecule has 1 aromatic carbocycles. The number of carbonyl (C=O) groups is 2. The Morgan fingerprint density at radius 3 is 2.19 bits per heavy atom. The average Bonchev–Trinajstić information content (AvgIpc) is 3.21. The smallest absolute Gasteiger partial charge is 0.318 e. The van der Waals surface area contributed by atoms with Crippen LogP contribution in [0.25, 0.3) is 5.69 Å². The number of halogens is 1. The molecule has 0 saturated heterocycles. The third-order valence-electron chi connectivity index (χ3n) is 8.23. The lowest BCUT2D eigenvalue weighted by Crippen LogP contribution is -2.62. The number of nitrogens with zero attached hydrogens (tertiary/aromatic N) is 3. The molecule has 4 aliphatic rings. The number of hydrogen-bond donors (Lipinski definition) is 2. The minimum Gasteiger partial charge on any atom is -0.333 e. The molecule has 4 aliphatic carbocycles. The Balaban J connectivity index is 1.28. The van der Waals surface area contributed by atoms with Crippen molar-refractivity contribution in [2.24, 2.45) is 17.8 Å². The molecule has 2 aromatic rings. The van der Waals surface area contributed by atoms with Gasteiger partial charge >= 0.3 is 6.03 Å². The number of anilines is 1. The van der Waals surface area contributed by atoms with Gasteiger partial charge in [-0.15, -0.1) is 0 Å². The summed E-state index contributed by atoms with van der Waals surface area (Å²) in [5.74, 6) is 2.07. The topological polar surface area (TPSA) is 79.3 Å². The van der Waals surface area contributed by atoms with E-state index in [9.17, 15) is 14.0 Å². The molecular formula is C28H38FN5O2. The monoisotopic (exact) mass is 495 g/mol. The van der Waals surface area contributed by atoms with E-state index in [0.717, 1.165) is 42.7 Å². The summed E-state index contributed by atoms with van der Waals surface area (Å²) in [5, 5.41) is 11.0. The molecule has 194 valence electrons. The predicted molar refractivity (Wildman–Crippen MR) is 138 cm³/mol. The van der Waals surface area contributed by atoms with Gasteiger partial charge < -0.3 is 15.5 Å². The number of amides is 3. The van der Waals surface area contributed by atoms with Gasteiger partial charge in [-0.05, 0) is 87.5 Å². The van der Waals surface area contributed by atoms with Gasteiger partial charge in [-0.3, -0.25) is 4.79 Å². The van der Waals surface area contributed by atoms with Crippen molar-refractivity contribution < 1.29 is 14.0 Å². The lowest BCUT2D eigenvalue weighted by molar-refractivity contribution is -0.116. The Labute approximate surface area is 212 Å². The fraction of sp³-hybridized carbons (Fsp3) is 0.607. The van der Waals surface area contributed by atoms with Crippen LogP contribution in [-0.4, -0.2) is 45.2 Å². The predicted octanol–water partition coefficient (Wildman–Crippen LogP) is 5.25. The SMILES string of the molecule is CCN(CC(=O)Nc1cc(C(C)(C)C)nn1-c1ccc(F)cc1)C(=O)NC12CC3CC(CC(C3)C1)C2. The number of carbonyl (C=O) groups excluding carboxylic acids is 2. The van der Waals surface area contributed by atoms with Crippen LogP contribution in [0.5, 0.6) is 0 Å². The highest BCUT2D eigenvalue weighted by Gasteiger charge is 2.51. The fourth-order valence-electron chi connectivity index (χ4n) is 6.87. The normalized spacial score (nSPS) is 26.6. The van der Waals surface area contributed by atoms with Crippen LogP contribution >= 0.6 is 0 Å². The number of likely N-dealkylation sites (N-methyl/N-ethyl adjacent to an activating group) is 1. The summed E-state index contributed by atoms with van der Waals surface area (Å²) in [6.45, 7) is 8.42. The largest absolute Gasteiger partial charge is 0.333 e. The second-order valence-corrected chi connectivity index (χ2v) is 12.2. The molecule has 0 unspecified atom stereocenters. The van der Waals surface area contributed by atoms with Crippen molar-refractivity contribution in [1.29, 1.82) is 0 Å². The molecule has 36 heavy (non-hydrogen) atoms. The first kappa shape index (κ1) is 24.8. The van der Waals surface area contributed by atoms with E-state index in [1.807, 2.05) is 33.8 Å². The van der Waals surface area contributed by atoms with Crippen molar-refractivity contribution >= 4 is 17.8 Å². The van der Waals surface area contributed by atoms with Gasteiger partial charge in [-0.25, -0.2) is 13.9 Å². The van der Waals surface area contributed by atoms with Crippen LogP contribution in [-0.2, 0) is 10.2 Å². The molecule has 0 aliphatic heterocycles. The van der Waals surface area contributed by atoms with Gasteiger partial charge in [0.05, 0.1) is 11.4 Å². The highest BCUT2D eigenvalue weighted by Crippen LogP contribution is 2.55. The van der Waals surface area contributed by atoms with Gasteiger partial charge in [0.15, 0.2) is 0 Å². The Morgan fingerprint density at radius 1 is 1.08 bits per heavy atom. The van der Waals surface area contributed by atoms with Gasteiger partial charge in [0.2, 0.25) is 5.91 Å². The summed E-state index contributed by atoms with van der Waals surface area (Å²) < 4.78 is 15.1. The number of rotatable bonds is 6. The molecule has 0 radical (unpaired) electrons. The molecule has 4 fully saturated rings. The highest BCUT2D eigenvalue weighted by atomic mass is 19.1. The first-order valence-electron chi connectivity index (χ1n) is 13.3. The van der Waals surface area contributed by atoms with Crippen LogP contribution in [0.1, 0.15) is 71.9 Å². The van der Waals surface area contributed by atoms with Crippen LogP contribution < -0.4 is 10.6 Å². The van der Waals surface area contributed by atoms with Gasteiger partial charge in [0, 0.05) is 23.6 Å². The number of hydrogen-bond acceptors (Lipinski definition) is 3. The molecule has 0 spiro atoms. The van der Waals surface area contributed by atoms with Gasteiger partial charge in [0.1, 0.15) is 18.2 Å². The molecule has 8 heteroatoms. The van der Waals surface area contributed by atoms with Crippen molar-refractivity contribution in [2.45, 2.75) is 77.2 Å². The standard InChI is InChI=1S/C28H38FN5O2/c1-5-33(26(36)31-28-14-18-10-19(15-28)12-20(11-18)16-28)17-25(35)30-24-13-23(27(2,3)4)32-34(24)22-8-6-21(29)7-9-22/h6-9,13,18-20H,5,10-12,14-17H2,1-4H3,(H,30,35)(H,31,36). The van der Waals surface area contributed by atoms with Crippen molar-refractivity contribution in [2.75, 3.05) is 18.4 Å². The van der Waals surface area contributed by atoms with Crippen molar-refractivity contribution in [3.8, 4) is 5.69 Å². The van der Waals surface area contributed by atoms with E-state index in [1.54, 1.807) is 21.7 Å². The lowest BCUT2D eigenvalue weighted by atomic mass is 9.53. The van der Waals surface area contributed by atoms with E-state index in [2.05, 4.69) is 15.7 Å². The number of aromatic nitrogens is 2. The van der Waals surface area contributed by atoms with Crippen LogP contribution in [0.4, 0.5) is 15.0 Å². The summed E-state index contributed by atoms with van der Waals surface area (Å²) in [5.41, 5.74) is 1.11. The zero-order valence-electron chi connectivity index (χ0n) is 21.8. The van der Waals surface area contributed by atoms with Crippen molar-refractivity contribution in [1.82, 2.24) is 20.0 Å². The summed E-state index contributed by atoms with van der Waals surface area (Å²) in [6.07, 6.45) is 7.15.